The van der Waals surface area contributed by atoms with Crippen molar-refractivity contribution in [3.63, 3.8) is 0 Å². The highest BCUT2D eigenvalue weighted by Gasteiger charge is 2.49. The van der Waals surface area contributed by atoms with Crippen LogP contribution < -0.4 is 5.32 Å². The molecule has 1 aromatic carbocycles. The minimum Gasteiger partial charge on any atom is -0.443 e. The lowest BCUT2D eigenvalue weighted by atomic mass is 9.99. The maximum atomic E-state index is 13.6. The highest BCUT2D eigenvalue weighted by atomic mass is 35.5. The van der Waals surface area contributed by atoms with Gasteiger partial charge in [0.2, 0.25) is 0 Å². The van der Waals surface area contributed by atoms with E-state index in [0.717, 1.165) is 12.1 Å². The Morgan fingerprint density at radius 1 is 1.39 bits per heavy atom. The zero-order chi connectivity index (χ0) is 13.5. The third kappa shape index (κ3) is 2.10. The van der Waals surface area contributed by atoms with Crippen LogP contribution in [0.5, 0.6) is 0 Å². The number of benzene rings is 1. The van der Waals surface area contributed by atoms with Gasteiger partial charge in [-0.1, -0.05) is 11.6 Å². The summed E-state index contributed by atoms with van der Waals surface area (Å²) in [6.45, 7) is -1.26. The fourth-order valence-electron chi connectivity index (χ4n) is 1.60. The molecule has 0 spiro atoms. The molecule has 1 amide bonds. The van der Waals surface area contributed by atoms with Gasteiger partial charge < -0.3 is 10.1 Å². The van der Waals surface area contributed by atoms with Gasteiger partial charge in [0.1, 0.15) is 17.7 Å². The third-order valence-corrected chi connectivity index (χ3v) is 2.74. The van der Waals surface area contributed by atoms with Crippen molar-refractivity contribution in [3.05, 3.63) is 34.4 Å². The molecular formula is C10H6ClF4NO2. The van der Waals surface area contributed by atoms with Gasteiger partial charge in [0.05, 0.1) is 10.6 Å². The lowest BCUT2D eigenvalue weighted by Gasteiger charge is -2.32. The molecule has 0 unspecified atom stereocenters. The summed E-state index contributed by atoms with van der Waals surface area (Å²) in [6.07, 6.45) is -1.18. The molecule has 1 saturated heterocycles. The van der Waals surface area contributed by atoms with Crippen LogP contribution in [0.4, 0.5) is 22.4 Å². The summed E-state index contributed by atoms with van der Waals surface area (Å²) in [5.74, 6) is -6.19. The summed E-state index contributed by atoms with van der Waals surface area (Å²) in [4.78, 5) is 10.9. The average molecular weight is 284 g/mol. The summed E-state index contributed by atoms with van der Waals surface area (Å²) in [5, 5.41) is 1.17. The number of hydrogen-bond donors (Lipinski definition) is 1. The standard InChI is InChI=1S/C10H6ClF4NO2/c11-4-1-2-5(12)6(7(4)13)8-10(14,15)3-18-9(17)16-8/h1-2,8H,3H2,(H,16,17)/t8-/m0/s1. The highest BCUT2D eigenvalue weighted by Crippen LogP contribution is 2.38. The number of alkyl halides is 2. The van der Waals surface area contributed by atoms with Crippen molar-refractivity contribution in [2.75, 3.05) is 6.61 Å². The van der Waals surface area contributed by atoms with E-state index < -0.39 is 46.9 Å². The van der Waals surface area contributed by atoms with Crippen molar-refractivity contribution in [1.82, 2.24) is 5.32 Å². The molecule has 1 heterocycles. The molecule has 18 heavy (non-hydrogen) atoms. The van der Waals surface area contributed by atoms with E-state index in [1.54, 1.807) is 5.32 Å². The second kappa shape index (κ2) is 4.31. The Morgan fingerprint density at radius 2 is 2.06 bits per heavy atom. The zero-order valence-electron chi connectivity index (χ0n) is 8.65. The lowest BCUT2D eigenvalue weighted by Crippen LogP contribution is -2.50. The zero-order valence-corrected chi connectivity index (χ0v) is 9.40. The number of halogens is 5. The molecule has 0 bridgehead atoms. The van der Waals surface area contributed by atoms with Crippen molar-refractivity contribution in [2.24, 2.45) is 0 Å². The van der Waals surface area contributed by atoms with E-state index in [4.69, 9.17) is 11.6 Å². The SMILES string of the molecule is O=C1N[C@@H](c2c(F)ccc(Cl)c2F)C(F)(F)CO1. The van der Waals surface area contributed by atoms with Crippen molar-refractivity contribution in [2.45, 2.75) is 12.0 Å². The van der Waals surface area contributed by atoms with Crippen molar-refractivity contribution in [3.8, 4) is 0 Å². The highest BCUT2D eigenvalue weighted by molar-refractivity contribution is 6.30. The van der Waals surface area contributed by atoms with Crippen LogP contribution in [0.2, 0.25) is 5.02 Å². The topological polar surface area (TPSA) is 38.3 Å². The molecule has 8 heteroatoms. The van der Waals surface area contributed by atoms with Crippen molar-refractivity contribution < 1.29 is 27.1 Å². The first-order chi connectivity index (χ1) is 8.33. The van der Waals surface area contributed by atoms with Gasteiger partial charge in [-0.25, -0.2) is 22.4 Å². The second-order valence-electron chi connectivity index (χ2n) is 3.67. The molecule has 1 N–H and O–H groups in total. The number of rotatable bonds is 1. The van der Waals surface area contributed by atoms with Crippen LogP contribution >= 0.6 is 11.6 Å². The molecule has 1 aliphatic rings. The molecule has 98 valence electrons. The van der Waals surface area contributed by atoms with Gasteiger partial charge in [-0.05, 0) is 12.1 Å². The molecule has 1 atom stereocenters. The maximum absolute atomic E-state index is 13.6. The molecule has 1 aliphatic heterocycles. The summed E-state index contributed by atoms with van der Waals surface area (Å²) < 4.78 is 58.2. The first-order valence-electron chi connectivity index (χ1n) is 4.77. The van der Waals surface area contributed by atoms with Crippen LogP contribution in [0.25, 0.3) is 0 Å². The van der Waals surface area contributed by atoms with Crippen molar-refractivity contribution in [1.29, 1.82) is 0 Å². The van der Waals surface area contributed by atoms with Gasteiger partial charge in [0.15, 0.2) is 6.61 Å². The van der Waals surface area contributed by atoms with Gasteiger partial charge in [0.25, 0.3) is 0 Å². The Kier molecular flexibility index (Phi) is 3.10. The quantitative estimate of drug-likeness (QED) is 0.635. The molecule has 0 saturated carbocycles. The molecule has 1 fully saturated rings. The van der Waals surface area contributed by atoms with Gasteiger partial charge in [-0.15, -0.1) is 0 Å². The van der Waals surface area contributed by atoms with E-state index in [1.165, 1.54) is 0 Å². The summed E-state index contributed by atoms with van der Waals surface area (Å²) in [5.41, 5.74) is -0.982. The van der Waals surface area contributed by atoms with E-state index in [0.29, 0.717) is 0 Å². The molecule has 0 radical (unpaired) electrons. The van der Waals surface area contributed by atoms with Crippen LogP contribution in [0.3, 0.4) is 0 Å². The lowest BCUT2D eigenvalue weighted by molar-refractivity contribution is -0.105. The van der Waals surface area contributed by atoms with Gasteiger partial charge >= 0.3 is 12.0 Å². The molecule has 2 rings (SSSR count). The molecule has 1 aromatic rings. The minimum absolute atomic E-state index is 0.511. The minimum atomic E-state index is -3.64. The first-order valence-corrected chi connectivity index (χ1v) is 5.15. The normalized spacial score (nSPS) is 22.3. The van der Waals surface area contributed by atoms with Gasteiger partial charge in [-0.2, -0.15) is 0 Å². The fraction of sp³-hybridized carbons (Fsp3) is 0.300. The Hall–Kier alpha value is -1.50. The fourth-order valence-corrected chi connectivity index (χ4v) is 1.77. The summed E-state index contributed by atoms with van der Waals surface area (Å²) in [7, 11) is 0. The number of alkyl carbamates (subject to hydrolysis) is 1. The van der Waals surface area contributed by atoms with Crippen LogP contribution in [-0.4, -0.2) is 18.6 Å². The van der Waals surface area contributed by atoms with E-state index in [9.17, 15) is 22.4 Å². The Labute approximate surface area is 104 Å². The molecule has 3 nitrogen and oxygen atoms in total. The van der Waals surface area contributed by atoms with E-state index in [1.807, 2.05) is 0 Å². The molecule has 0 aromatic heterocycles. The van der Waals surface area contributed by atoms with Crippen LogP contribution in [0.15, 0.2) is 12.1 Å². The maximum Gasteiger partial charge on any atom is 0.408 e. The number of carbonyl (C=O) groups excluding carboxylic acids is 1. The molecular weight excluding hydrogens is 278 g/mol. The number of cyclic esters (lactones) is 1. The Balaban J connectivity index is 2.52. The van der Waals surface area contributed by atoms with E-state index >= 15 is 0 Å². The van der Waals surface area contributed by atoms with E-state index in [2.05, 4.69) is 4.74 Å². The average Bonchev–Trinajstić information content (AvgIpc) is 2.29. The number of amides is 1. The summed E-state index contributed by atoms with van der Waals surface area (Å²) in [6, 6.07) is -0.509. The predicted molar refractivity (Wildman–Crippen MR) is 53.5 cm³/mol. The largest absolute Gasteiger partial charge is 0.443 e. The van der Waals surface area contributed by atoms with Crippen LogP contribution in [0, 0.1) is 11.6 Å². The molecule has 0 aliphatic carbocycles. The Morgan fingerprint density at radius 3 is 2.72 bits per heavy atom. The van der Waals surface area contributed by atoms with Gasteiger partial charge in [-0.3, -0.25) is 0 Å². The van der Waals surface area contributed by atoms with Gasteiger partial charge in [0, 0.05) is 0 Å². The first kappa shape index (κ1) is 12.9. The smallest absolute Gasteiger partial charge is 0.408 e. The summed E-state index contributed by atoms with van der Waals surface area (Å²) >= 11 is 5.40. The third-order valence-electron chi connectivity index (χ3n) is 2.45. The van der Waals surface area contributed by atoms with Crippen LogP contribution in [0.1, 0.15) is 11.6 Å². The van der Waals surface area contributed by atoms with Crippen molar-refractivity contribution >= 4 is 17.7 Å². The number of carbonyl (C=O) groups is 1. The predicted octanol–water partition coefficient (Wildman–Crippen LogP) is 3.03. The number of hydrogen-bond acceptors (Lipinski definition) is 2. The van der Waals surface area contributed by atoms with Crippen LogP contribution in [-0.2, 0) is 4.74 Å². The van der Waals surface area contributed by atoms with E-state index in [-0.39, 0.29) is 0 Å². The monoisotopic (exact) mass is 283 g/mol. The number of ether oxygens (including phenoxy) is 1. The Bertz CT molecular complexity index is 509. The number of nitrogens with one attached hydrogen (secondary N) is 1. The second-order valence-corrected chi connectivity index (χ2v) is 4.08.